The molecule has 0 aliphatic rings. The third-order valence-electron chi connectivity index (χ3n) is 1.31. The summed E-state index contributed by atoms with van der Waals surface area (Å²) in [6, 6.07) is 0. The van der Waals surface area contributed by atoms with Gasteiger partial charge < -0.3 is 0 Å². The minimum absolute atomic E-state index is 0.277. The molecule has 0 saturated heterocycles. The second-order valence-corrected chi connectivity index (χ2v) is 2.26. The molecular weight excluding hydrogens is 201 g/mol. The van der Waals surface area contributed by atoms with Crippen LogP contribution in [0.1, 0.15) is 16.2 Å². The van der Waals surface area contributed by atoms with E-state index in [1.54, 1.807) is 5.43 Å². The highest BCUT2D eigenvalue weighted by atomic mass is 19.4. The number of nitrogens with zero attached hydrogens (tertiary/aromatic N) is 2. The number of hydrogen-bond donors (Lipinski definition) is 2. The van der Waals surface area contributed by atoms with Crippen LogP contribution >= 0.6 is 0 Å². The van der Waals surface area contributed by atoms with Crippen LogP contribution in [0.15, 0.2) is 12.4 Å². The van der Waals surface area contributed by atoms with E-state index in [-0.39, 0.29) is 5.69 Å². The minimum atomic E-state index is -4.56. The molecule has 0 atom stereocenters. The average molecular weight is 206 g/mol. The molecule has 8 heteroatoms. The Morgan fingerprint density at radius 3 is 2.36 bits per heavy atom. The van der Waals surface area contributed by atoms with Gasteiger partial charge >= 0.3 is 6.18 Å². The van der Waals surface area contributed by atoms with Gasteiger partial charge in [0.15, 0.2) is 5.69 Å². The SMILES string of the molecule is NNC(=O)c1cnc(C(F)(F)F)cn1. The van der Waals surface area contributed by atoms with Gasteiger partial charge in [0.2, 0.25) is 0 Å². The Morgan fingerprint density at radius 1 is 1.36 bits per heavy atom. The van der Waals surface area contributed by atoms with Crippen molar-refractivity contribution in [2.75, 3.05) is 0 Å². The van der Waals surface area contributed by atoms with Gasteiger partial charge in [0.25, 0.3) is 5.91 Å². The molecule has 0 bridgehead atoms. The lowest BCUT2D eigenvalue weighted by Crippen LogP contribution is -2.31. The number of rotatable bonds is 1. The summed E-state index contributed by atoms with van der Waals surface area (Å²) >= 11 is 0. The van der Waals surface area contributed by atoms with Crippen molar-refractivity contribution in [3.63, 3.8) is 0 Å². The van der Waals surface area contributed by atoms with Crippen molar-refractivity contribution in [2.45, 2.75) is 6.18 Å². The first kappa shape index (κ1) is 10.4. The number of nitrogens with one attached hydrogen (secondary N) is 1. The van der Waals surface area contributed by atoms with E-state index < -0.39 is 17.8 Å². The maximum absolute atomic E-state index is 12.0. The normalized spacial score (nSPS) is 11.1. The molecule has 1 rings (SSSR count). The zero-order chi connectivity index (χ0) is 10.8. The van der Waals surface area contributed by atoms with Crippen LogP contribution in [-0.2, 0) is 6.18 Å². The van der Waals surface area contributed by atoms with Crippen LogP contribution < -0.4 is 11.3 Å². The van der Waals surface area contributed by atoms with Gasteiger partial charge in [-0.25, -0.2) is 15.8 Å². The summed E-state index contributed by atoms with van der Waals surface area (Å²) < 4.78 is 35.9. The summed E-state index contributed by atoms with van der Waals surface area (Å²) in [7, 11) is 0. The predicted octanol–water partition coefficient (Wildman–Crippen LogP) is 0.0989. The number of amides is 1. The second kappa shape index (κ2) is 3.58. The van der Waals surface area contributed by atoms with Gasteiger partial charge in [-0.1, -0.05) is 0 Å². The largest absolute Gasteiger partial charge is 0.434 e. The van der Waals surface area contributed by atoms with Gasteiger partial charge in [-0.05, 0) is 0 Å². The highest BCUT2D eigenvalue weighted by Gasteiger charge is 2.32. The van der Waals surface area contributed by atoms with E-state index in [9.17, 15) is 18.0 Å². The zero-order valence-electron chi connectivity index (χ0n) is 6.67. The number of halogens is 3. The van der Waals surface area contributed by atoms with Crippen LogP contribution in [0, 0.1) is 0 Å². The van der Waals surface area contributed by atoms with Crippen molar-refractivity contribution in [3.05, 3.63) is 23.8 Å². The van der Waals surface area contributed by atoms with Crippen molar-refractivity contribution in [1.29, 1.82) is 0 Å². The Kier molecular flexibility index (Phi) is 2.65. The highest BCUT2D eigenvalue weighted by Crippen LogP contribution is 2.26. The van der Waals surface area contributed by atoms with E-state index in [0.29, 0.717) is 12.4 Å². The molecule has 5 nitrogen and oxygen atoms in total. The molecule has 0 spiro atoms. The van der Waals surface area contributed by atoms with E-state index in [1.807, 2.05) is 0 Å². The van der Waals surface area contributed by atoms with E-state index in [0.717, 1.165) is 0 Å². The van der Waals surface area contributed by atoms with Gasteiger partial charge in [0, 0.05) is 0 Å². The summed E-state index contributed by atoms with van der Waals surface area (Å²) in [6.45, 7) is 0. The highest BCUT2D eigenvalue weighted by molar-refractivity contribution is 5.91. The second-order valence-electron chi connectivity index (χ2n) is 2.26. The molecule has 0 aliphatic carbocycles. The minimum Gasteiger partial charge on any atom is -0.289 e. The third kappa shape index (κ3) is 2.16. The van der Waals surface area contributed by atoms with E-state index in [1.165, 1.54) is 0 Å². The topological polar surface area (TPSA) is 80.9 Å². The summed E-state index contributed by atoms with van der Waals surface area (Å²) in [5.41, 5.74) is 0.278. The fraction of sp³-hybridized carbons (Fsp3) is 0.167. The number of carbonyl (C=O) groups excluding carboxylic acids is 1. The van der Waals surface area contributed by atoms with Gasteiger partial charge in [-0.15, -0.1) is 0 Å². The maximum atomic E-state index is 12.0. The Balaban J connectivity index is 2.95. The average Bonchev–Trinajstić information content (AvgIpc) is 2.15. The standard InChI is InChI=1S/C6H5F3N4O/c7-6(8,9)4-2-11-3(1-12-4)5(14)13-10/h1-2H,10H2,(H,13,14). The number of nitrogen functional groups attached to an aromatic ring is 1. The summed E-state index contributed by atoms with van der Waals surface area (Å²) in [6.07, 6.45) is -3.40. The van der Waals surface area contributed by atoms with E-state index in [4.69, 9.17) is 5.84 Å². The molecule has 1 aromatic heterocycles. The molecule has 0 aliphatic heterocycles. The zero-order valence-corrected chi connectivity index (χ0v) is 6.67. The third-order valence-corrected chi connectivity index (χ3v) is 1.31. The van der Waals surface area contributed by atoms with Crippen molar-refractivity contribution >= 4 is 5.91 Å². The molecule has 76 valence electrons. The first-order valence-electron chi connectivity index (χ1n) is 3.35. The molecule has 0 saturated carbocycles. The monoisotopic (exact) mass is 206 g/mol. The lowest BCUT2D eigenvalue weighted by molar-refractivity contribution is -0.141. The van der Waals surface area contributed by atoms with Gasteiger partial charge in [0.05, 0.1) is 12.4 Å². The Bertz CT molecular complexity index is 334. The van der Waals surface area contributed by atoms with Crippen molar-refractivity contribution in [1.82, 2.24) is 15.4 Å². The Labute approximate surface area is 76.1 Å². The van der Waals surface area contributed by atoms with Crippen molar-refractivity contribution < 1.29 is 18.0 Å². The fourth-order valence-electron chi connectivity index (χ4n) is 0.666. The molecule has 14 heavy (non-hydrogen) atoms. The Morgan fingerprint density at radius 2 is 2.00 bits per heavy atom. The van der Waals surface area contributed by atoms with Crippen LogP contribution in [0.5, 0.6) is 0 Å². The number of aromatic nitrogens is 2. The predicted molar refractivity (Wildman–Crippen MR) is 38.7 cm³/mol. The number of nitrogens with two attached hydrogens (primary N) is 1. The van der Waals surface area contributed by atoms with Crippen LogP contribution in [0.25, 0.3) is 0 Å². The quantitative estimate of drug-likeness (QED) is 0.388. The number of carbonyl (C=O) groups is 1. The number of hydrogen-bond acceptors (Lipinski definition) is 4. The van der Waals surface area contributed by atoms with Crippen LogP contribution in [0.2, 0.25) is 0 Å². The lowest BCUT2D eigenvalue weighted by Gasteiger charge is -2.04. The first-order valence-corrected chi connectivity index (χ1v) is 3.35. The summed E-state index contributed by atoms with van der Waals surface area (Å²) in [5.74, 6) is 3.94. The van der Waals surface area contributed by atoms with Crippen LogP contribution in [-0.4, -0.2) is 15.9 Å². The lowest BCUT2D eigenvalue weighted by atomic mass is 10.4. The van der Waals surface area contributed by atoms with Gasteiger partial charge in [-0.3, -0.25) is 10.2 Å². The summed E-state index contributed by atoms with van der Waals surface area (Å²) in [4.78, 5) is 17.0. The molecule has 1 aromatic rings. The molecule has 0 fully saturated rings. The van der Waals surface area contributed by atoms with Gasteiger partial charge in [-0.2, -0.15) is 13.2 Å². The van der Waals surface area contributed by atoms with E-state index >= 15 is 0 Å². The van der Waals surface area contributed by atoms with Crippen molar-refractivity contribution in [3.8, 4) is 0 Å². The molecule has 0 unspecified atom stereocenters. The molecule has 0 aromatic carbocycles. The molecule has 1 heterocycles. The fourth-order valence-corrected chi connectivity index (χ4v) is 0.666. The molecule has 0 radical (unpaired) electrons. The molecule has 1 amide bonds. The van der Waals surface area contributed by atoms with Crippen LogP contribution in [0.4, 0.5) is 13.2 Å². The first-order chi connectivity index (χ1) is 6.45. The van der Waals surface area contributed by atoms with Crippen molar-refractivity contribution in [2.24, 2.45) is 5.84 Å². The van der Waals surface area contributed by atoms with E-state index in [2.05, 4.69) is 9.97 Å². The molecule has 3 N–H and O–H groups in total. The molecular formula is C6H5F3N4O. The number of hydrazine groups is 1. The maximum Gasteiger partial charge on any atom is 0.434 e. The number of alkyl halides is 3. The summed E-state index contributed by atoms with van der Waals surface area (Å²) in [5, 5.41) is 0. The smallest absolute Gasteiger partial charge is 0.289 e. The van der Waals surface area contributed by atoms with Gasteiger partial charge in [0.1, 0.15) is 5.69 Å². The Hall–Kier alpha value is -1.70. The van der Waals surface area contributed by atoms with Crippen LogP contribution in [0.3, 0.4) is 0 Å².